The predicted octanol–water partition coefficient (Wildman–Crippen LogP) is 5.52. The Hall–Kier alpha value is -3.42. The van der Waals surface area contributed by atoms with E-state index in [9.17, 15) is 9.59 Å². The van der Waals surface area contributed by atoms with Crippen molar-refractivity contribution < 1.29 is 19.1 Å². The van der Waals surface area contributed by atoms with Crippen LogP contribution in [0.25, 0.3) is 16.8 Å². The zero-order valence-corrected chi connectivity index (χ0v) is 20.8. The molecule has 0 spiro atoms. The van der Waals surface area contributed by atoms with Gasteiger partial charge in [-0.2, -0.15) is 5.10 Å². The molecular formula is C26H34N4O4. The van der Waals surface area contributed by atoms with Gasteiger partial charge in [-0.15, -0.1) is 0 Å². The summed E-state index contributed by atoms with van der Waals surface area (Å²) in [5, 5.41) is 7.15. The molecule has 2 aromatic heterocycles. The Morgan fingerprint density at radius 2 is 1.97 bits per heavy atom. The van der Waals surface area contributed by atoms with E-state index < -0.39 is 11.7 Å². The second-order valence-corrected chi connectivity index (χ2v) is 9.45. The molecule has 0 aliphatic heterocycles. The fourth-order valence-corrected chi connectivity index (χ4v) is 3.75. The molecule has 0 aliphatic carbocycles. The van der Waals surface area contributed by atoms with Crippen molar-refractivity contribution in [3.63, 3.8) is 0 Å². The Kier molecular flexibility index (Phi) is 7.91. The third-order valence-corrected chi connectivity index (χ3v) is 5.37. The van der Waals surface area contributed by atoms with Crippen LogP contribution in [0, 0.1) is 6.92 Å². The van der Waals surface area contributed by atoms with Gasteiger partial charge in [-0.1, -0.05) is 25.5 Å². The van der Waals surface area contributed by atoms with E-state index in [0.717, 1.165) is 52.7 Å². The summed E-state index contributed by atoms with van der Waals surface area (Å²) in [7, 11) is 0. The highest BCUT2D eigenvalue weighted by molar-refractivity contribution is 5.78. The maximum absolute atomic E-state index is 12.0. The topological polar surface area (TPSA) is 94.8 Å². The molecule has 34 heavy (non-hydrogen) atoms. The molecule has 1 unspecified atom stereocenters. The lowest BCUT2D eigenvalue weighted by molar-refractivity contribution is -0.147. The van der Waals surface area contributed by atoms with E-state index in [1.165, 1.54) is 13.3 Å². The molecule has 182 valence electrons. The highest BCUT2D eigenvalue weighted by Crippen LogP contribution is 2.30. The second kappa shape index (κ2) is 10.7. The first-order chi connectivity index (χ1) is 16.1. The fourth-order valence-electron chi connectivity index (χ4n) is 3.75. The van der Waals surface area contributed by atoms with Crippen molar-refractivity contribution in [2.45, 2.75) is 79.1 Å². The molecule has 1 aromatic carbocycles. The number of hydrogen-bond acceptors (Lipinski definition) is 6. The van der Waals surface area contributed by atoms with Crippen LogP contribution >= 0.6 is 0 Å². The quantitative estimate of drug-likeness (QED) is 0.439. The number of nitrogens with one attached hydrogen (secondary N) is 1. The first-order valence-electron chi connectivity index (χ1n) is 11.6. The average Bonchev–Trinajstić information content (AvgIpc) is 3.18. The lowest BCUT2D eigenvalue weighted by atomic mass is 10.0. The van der Waals surface area contributed by atoms with Crippen molar-refractivity contribution >= 4 is 17.6 Å². The number of benzene rings is 1. The standard InChI is InChI=1S/C26H34N4O4/c1-7-8-9-23(33-18(3)31)21-13-22-24(28-16-29-30(22)15-21)19-10-11-20(17(2)12-19)14-27-25(32)34-26(4,5)6/h10-13,15-16,23H,7-9,14H2,1-6H3,(H,27,32). The van der Waals surface area contributed by atoms with Crippen LogP contribution in [0.1, 0.15) is 76.7 Å². The molecule has 2 heterocycles. The number of unbranched alkanes of at least 4 members (excludes halogenated alkanes) is 1. The largest absolute Gasteiger partial charge is 0.458 e. The number of carbonyl (C=O) groups is 2. The van der Waals surface area contributed by atoms with E-state index in [2.05, 4.69) is 22.3 Å². The summed E-state index contributed by atoms with van der Waals surface area (Å²) in [6.07, 6.45) is 5.40. The lowest BCUT2D eigenvalue weighted by Gasteiger charge is -2.20. The molecule has 0 radical (unpaired) electrons. The van der Waals surface area contributed by atoms with Crippen molar-refractivity contribution in [2.75, 3.05) is 0 Å². The van der Waals surface area contributed by atoms with Gasteiger partial charge in [-0.3, -0.25) is 4.79 Å². The summed E-state index contributed by atoms with van der Waals surface area (Å²) in [6.45, 7) is 11.4. The molecular weight excluding hydrogens is 432 g/mol. The first-order valence-corrected chi connectivity index (χ1v) is 11.6. The number of carbonyl (C=O) groups excluding carboxylic acids is 2. The number of rotatable bonds is 8. The van der Waals surface area contributed by atoms with Crippen LogP contribution in [0.5, 0.6) is 0 Å². The fraction of sp³-hybridized carbons (Fsp3) is 0.462. The summed E-state index contributed by atoms with van der Waals surface area (Å²) in [6, 6.07) is 8.00. The molecule has 1 atom stereocenters. The summed E-state index contributed by atoms with van der Waals surface area (Å²) >= 11 is 0. The summed E-state index contributed by atoms with van der Waals surface area (Å²) < 4.78 is 12.7. The molecule has 0 saturated carbocycles. The second-order valence-electron chi connectivity index (χ2n) is 9.45. The van der Waals surface area contributed by atoms with Crippen LogP contribution in [0.2, 0.25) is 0 Å². The monoisotopic (exact) mass is 466 g/mol. The number of fused-ring (bicyclic) bond motifs is 1. The third-order valence-electron chi connectivity index (χ3n) is 5.37. The molecule has 8 nitrogen and oxygen atoms in total. The molecule has 0 bridgehead atoms. The average molecular weight is 467 g/mol. The molecule has 0 fully saturated rings. The van der Waals surface area contributed by atoms with Crippen LogP contribution in [-0.4, -0.2) is 32.3 Å². The van der Waals surface area contributed by atoms with Gasteiger partial charge in [-0.25, -0.2) is 14.3 Å². The highest BCUT2D eigenvalue weighted by Gasteiger charge is 2.19. The molecule has 0 aliphatic rings. The molecule has 0 saturated heterocycles. The van der Waals surface area contributed by atoms with E-state index in [0.29, 0.717) is 6.54 Å². The van der Waals surface area contributed by atoms with Crippen molar-refractivity contribution in [3.05, 3.63) is 53.5 Å². The zero-order valence-electron chi connectivity index (χ0n) is 20.8. The number of alkyl carbamates (subject to hydrolysis) is 1. The van der Waals surface area contributed by atoms with Crippen LogP contribution in [0.3, 0.4) is 0 Å². The minimum absolute atomic E-state index is 0.297. The van der Waals surface area contributed by atoms with Crippen LogP contribution < -0.4 is 5.32 Å². The highest BCUT2D eigenvalue weighted by atomic mass is 16.6. The molecule has 3 aromatic rings. The van der Waals surface area contributed by atoms with E-state index >= 15 is 0 Å². The van der Waals surface area contributed by atoms with Gasteiger partial charge < -0.3 is 14.8 Å². The van der Waals surface area contributed by atoms with E-state index in [1.54, 1.807) is 4.52 Å². The van der Waals surface area contributed by atoms with Gasteiger partial charge in [0.15, 0.2) is 0 Å². The van der Waals surface area contributed by atoms with Gasteiger partial charge in [0.1, 0.15) is 18.0 Å². The molecule has 1 N–H and O–H groups in total. The molecule has 8 heteroatoms. The number of nitrogens with zero attached hydrogens (tertiary/aromatic N) is 3. The maximum Gasteiger partial charge on any atom is 0.407 e. The third kappa shape index (κ3) is 6.56. The Morgan fingerprint density at radius 3 is 2.62 bits per heavy atom. The van der Waals surface area contributed by atoms with E-state index in [-0.39, 0.29) is 12.1 Å². The number of esters is 1. The normalized spacial score (nSPS) is 12.4. The maximum atomic E-state index is 12.0. The van der Waals surface area contributed by atoms with E-state index in [1.807, 2.05) is 58.2 Å². The lowest BCUT2D eigenvalue weighted by Crippen LogP contribution is -2.32. The Labute approximate surface area is 200 Å². The zero-order chi connectivity index (χ0) is 24.9. The number of aromatic nitrogens is 3. The van der Waals surface area contributed by atoms with Gasteiger partial charge in [0.05, 0.1) is 11.2 Å². The number of aryl methyl sites for hydroxylation is 1. The van der Waals surface area contributed by atoms with Crippen LogP contribution in [0.4, 0.5) is 4.79 Å². The van der Waals surface area contributed by atoms with Gasteiger partial charge >= 0.3 is 12.1 Å². The van der Waals surface area contributed by atoms with Crippen molar-refractivity contribution in [1.82, 2.24) is 19.9 Å². The number of hydrogen-bond donors (Lipinski definition) is 1. The SMILES string of the molecule is CCCCC(OC(C)=O)c1cc2c(-c3ccc(CNC(=O)OC(C)(C)C)c(C)c3)ncnn2c1. The molecule has 3 rings (SSSR count). The minimum Gasteiger partial charge on any atom is -0.458 e. The number of amides is 1. The molecule has 1 amide bonds. The van der Waals surface area contributed by atoms with Crippen molar-refractivity contribution in [1.29, 1.82) is 0 Å². The Balaban J connectivity index is 1.85. The minimum atomic E-state index is -0.539. The van der Waals surface area contributed by atoms with Crippen LogP contribution in [-0.2, 0) is 20.8 Å². The van der Waals surface area contributed by atoms with Crippen molar-refractivity contribution in [3.8, 4) is 11.3 Å². The summed E-state index contributed by atoms with van der Waals surface area (Å²) in [5.74, 6) is -0.297. The van der Waals surface area contributed by atoms with Gasteiger partial charge in [0.25, 0.3) is 0 Å². The summed E-state index contributed by atoms with van der Waals surface area (Å²) in [4.78, 5) is 28.1. The summed E-state index contributed by atoms with van der Waals surface area (Å²) in [5.41, 5.74) is 4.94. The van der Waals surface area contributed by atoms with Crippen molar-refractivity contribution in [2.24, 2.45) is 0 Å². The van der Waals surface area contributed by atoms with E-state index in [4.69, 9.17) is 9.47 Å². The first kappa shape index (κ1) is 25.2. The van der Waals surface area contributed by atoms with Crippen LogP contribution in [0.15, 0.2) is 36.8 Å². The smallest absolute Gasteiger partial charge is 0.407 e. The Bertz CT molecular complexity index is 1160. The van der Waals surface area contributed by atoms with Gasteiger partial charge in [0, 0.05) is 30.8 Å². The predicted molar refractivity (Wildman–Crippen MR) is 130 cm³/mol. The van der Waals surface area contributed by atoms with Gasteiger partial charge in [-0.05, 0) is 63.8 Å². The van der Waals surface area contributed by atoms with Gasteiger partial charge in [0.2, 0.25) is 0 Å². The number of ether oxygens (including phenoxy) is 2. The Morgan fingerprint density at radius 1 is 1.21 bits per heavy atom.